The zero-order valence-electron chi connectivity index (χ0n) is 24.5. The van der Waals surface area contributed by atoms with Gasteiger partial charge < -0.3 is 43.6 Å². The van der Waals surface area contributed by atoms with Gasteiger partial charge in [-0.3, -0.25) is 4.79 Å². The Bertz CT molecular complexity index is 1690. The number of amides is 1. The van der Waals surface area contributed by atoms with Crippen LogP contribution in [0.15, 0.2) is 51.2 Å². The van der Waals surface area contributed by atoms with Crippen molar-refractivity contribution in [2.45, 2.75) is 71.2 Å². The molecule has 1 aromatic heterocycles. The number of nitrogens with one attached hydrogen (secondary N) is 1. The van der Waals surface area contributed by atoms with E-state index >= 15 is 0 Å². The number of hydrogen-bond acceptors (Lipinski definition) is 11. The second-order valence-electron chi connectivity index (χ2n) is 11.2. The lowest BCUT2D eigenvalue weighted by Crippen LogP contribution is -2.62. The van der Waals surface area contributed by atoms with Crippen molar-refractivity contribution in [2.75, 3.05) is 12.4 Å². The molecule has 4 atom stereocenters. The summed E-state index contributed by atoms with van der Waals surface area (Å²) in [6.07, 6.45) is -1.96. The van der Waals surface area contributed by atoms with Crippen molar-refractivity contribution in [3.63, 3.8) is 0 Å². The van der Waals surface area contributed by atoms with E-state index in [1.807, 2.05) is 19.9 Å². The maximum atomic E-state index is 13.0. The Balaban J connectivity index is 1.42. The molecular formula is C31H33NO11. The van der Waals surface area contributed by atoms with E-state index in [1.165, 1.54) is 37.4 Å². The fourth-order valence-corrected chi connectivity index (χ4v) is 5.29. The van der Waals surface area contributed by atoms with Crippen LogP contribution in [0.25, 0.3) is 11.0 Å². The predicted octanol–water partition coefficient (Wildman–Crippen LogP) is 4.71. The lowest BCUT2D eigenvalue weighted by atomic mass is 9.89. The largest absolute Gasteiger partial charge is 0.509 e. The molecule has 0 spiro atoms. The minimum absolute atomic E-state index is 0.0210. The number of rotatable bonds is 7. The second kappa shape index (κ2) is 11.3. The first-order chi connectivity index (χ1) is 20.3. The Morgan fingerprint density at radius 1 is 1.09 bits per heavy atom. The van der Waals surface area contributed by atoms with Gasteiger partial charge in [0.15, 0.2) is 17.5 Å². The average molecular weight is 596 g/mol. The van der Waals surface area contributed by atoms with Crippen molar-refractivity contribution in [3.05, 3.63) is 69.1 Å². The Morgan fingerprint density at radius 3 is 2.51 bits per heavy atom. The molecule has 2 aliphatic rings. The van der Waals surface area contributed by atoms with E-state index in [9.17, 15) is 24.6 Å². The zero-order valence-corrected chi connectivity index (χ0v) is 24.5. The van der Waals surface area contributed by atoms with Crippen LogP contribution in [0, 0.1) is 6.92 Å². The van der Waals surface area contributed by atoms with Crippen LogP contribution in [-0.4, -0.2) is 59.6 Å². The molecule has 0 radical (unpaired) electrons. The van der Waals surface area contributed by atoms with E-state index in [0.29, 0.717) is 17.5 Å². The highest BCUT2D eigenvalue weighted by atomic mass is 16.8. The van der Waals surface area contributed by atoms with Crippen molar-refractivity contribution < 1.29 is 47.9 Å². The normalized spacial score (nSPS) is 22.3. The summed E-state index contributed by atoms with van der Waals surface area (Å²) < 4.78 is 33.9. The maximum absolute atomic E-state index is 13.0. The van der Waals surface area contributed by atoms with Gasteiger partial charge in [0.05, 0.1) is 11.0 Å². The zero-order chi connectivity index (χ0) is 31.2. The predicted molar refractivity (Wildman–Crippen MR) is 154 cm³/mol. The van der Waals surface area contributed by atoms with Gasteiger partial charge in [-0.2, -0.15) is 0 Å². The summed E-state index contributed by atoms with van der Waals surface area (Å²) in [6.45, 7) is 8.99. The Kier molecular flexibility index (Phi) is 7.84. The van der Waals surface area contributed by atoms with Crippen LogP contribution in [0.4, 0.5) is 10.5 Å². The van der Waals surface area contributed by atoms with Gasteiger partial charge in [0.25, 0.3) is 5.91 Å². The first-order valence-electron chi connectivity index (χ1n) is 13.6. The number of carbonyl (C=O) groups is 2. The van der Waals surface area contributed by atoms with Crippen LogP contribution in [0.5, 0.6) is 17.2 Å². The third-order valence-corrected chi connectivity index (χ3v) is 7.51. The van der Waals surface area contributed by atoms with Gasteiger partial charge in [0.2, 0.25) is 12.4 Å². The fourth-order valence-electron chi connectivity index (χ4n) is 5.29. The molecule has 12 nitrogen and oxygen atoms in total. The third-order valence-electron chi connectivity index (χ3n) is 7.51. The molecule has 228 valence electrons. The molecule has 12 heteroatoms. The SMILES string of the molecule is CO[C@H]1[C@H]2OC(=O)O[C@H]2[C@@H](Oc2ccc3c(O)c(NC(=O)c4ccc(O)c(CC=C(C)C)c4)c(=O)oc3c2C)OC1(C)C. The molecule has 1 amide bonds. The van der Waals surface area contributed by atoms with Gasteiger partial charge in [-0.1, -0.05) is 11.6 Å². The lowest BCUT2D eigenvalue weighted by molar-refractivity contribution is -0.282. The summed E-state index contributed by atoms with van der Waals surface area (Å²) >= 11 is 0. The number of benzene rings is 2. The van der Waals surface area contributed by atoms with Gasteiger partial charge >= 0.3 is 11.8 Å². The van der Waals surface area contributed by atoms with Crippen LogP contribution >= 0.6 is 0 Å². The first-order valence-corrected chi connectivity index (χ1v) is 13.6. The fraction of sp³-hybridized carbons (Fsp3) is 0.387. The van der Waals surface area contributed by atoms with E-state index in [0.717, 1.165) is 5.57 Å². The molecule has 2 fully saturated rings. The van der Waals surface area contributed by atoms with Crippen LogP contribution in [0.3, 0.4) is 0 Å². The number of aromatic hydroxyl groups is 2. The van der Waals surface area contributed by atoms with E-state index < -0.39 is 59.3 Å². The van der Waals surface area contributed by atoms with E-state index in [-0.39, 0.29) is 28.0 Å². The topological polar surface area (TPSA) is 163 Å². The van der Waals surface area contributed by atoms with Crippen LogP contribution < -0.4 is 15.7 Å². The van der Waals surface area contributed by atoms with E-state index in [4.69, 9.17) is 28.1 Å². The monoisotopic (exact) mass is 595 g/mol. The average Bonchev–Trinajstić information content (AvgIpc) is 3.32. The number of phenols is 1. The number of fused-ring (bicyclic) bond motifs is 2. The van der Waals surface area contributed by atoms with Crippen LogP contribution in [-0.2, 0) is 25.4 Å². The molecule has 2 aromatic carbocycles. The molecule has 2 aliphatic heterocycles. The second-order valence-corrected chi connectivity index (χ2v) is 11.2. The van der Waals surface area contributed by atoms with Gasteiger partial charge in [0.1, 0.15) is 23.2 Å². The molecular weight excluding hydrogens is 562 g/mol. The third kappa shape index (κ3) is 5.63. The standard InChI is InChI=1S/C31H33NO11/c1-14(2)7-8-16-13-17(9-11-19(16)33)27(35)32-21-22(34)18-10-12-20(15(3)23(18)40-28(21)36)39-29-25-24(41-30(37)42-25)26(38-6)31(4,5)43-29/h7,9-13,24-26,29,33-34H,8H2,1-6H3,(H,32,35)/t24-,25+,26-,29-/m0/s1. The number of methoxy groups -OCH3 is 1. The van der Waals surface area contributed by atoms with Crippen LogP contribution in [0.2, 0.25) is 0 Å². The quantitative estimate of drug-likeness (QED) is 0.197. The number of carbonyl (C=O) groups excluding carboxylic acids is 2. The minimum Gasteiger partial charge on any atom is -0.508 e. The smallest absolute Gasteiger partial charge is 0.508 e. The van der Waals surface area contributed by atoms with Gasteiger partial charge in [-0.25, -0.2) is 9.59 Å². The highest BCUT2D eigenvalue weighted by Crippen LogP contribution is 2.41. The van der Waals surface area contributed by atoms with E-state index in [1.54, 1.807) is 20.8 Å². The number of hydrogen-bond donors (Lipinski definition) is 3. The Morgan fingerprint density at radius 2 is 1.81 bits per heavy atom. The molecule has 5 rings (SSSR count). The molecule has 3 aromatic rings. The number of phenolic OH excluding ortho intramolecular Hbond substituents is 1. The highest BCUT2D eigenvalue weighted by Gasteiger charge is 2.59. The van der Waals surface area contributed by atoms with Crippen molar-refractivity contribution >= 4 is 28.7 Å². The van der Waals surface area contributed by atoms with Crippen LogP contribution in [0.1, 0.15) is 49.2 Å². The molecule has 3 heterocycles. The van der Waals surface area contributed by atoms with Crippen molar-refractivity contribution in [3.8, 4) is 17.2 Å². The molecule has 0 saturated carbocycles. The summed E-state index contributed by atoms with van der Waals surface area (Å²) in [6, 6.07) is 7.31. The summed E-state index contributed by atoms with van der Waals surface area (Å²) in [5, 5.41) is 23.7. The number of ether oxygens (including phenoxy) is 5. The minimum atomic E-state index is -1.08. The molecule has 0 unspecified atom stereocenters. The highest BCUT2D eigenvalue weighted by molar-refractivity contribution is 6.06. The molecule has 43 heavy (non-hydrogen) atoms. The van der Waals surface area contributed by atoms with E-state index in [2.05, 4.69) is 5.32 Å². The van der Waals surface area contributed by atoms with Crippen molar-refractivity contribution in [2.24, 2.45) is 0 Å². The summed E-state index contributed by atoms with van der Waals surface area (Å²) in [7, 11) is 1.48. The number of aryl methyl sites for hydroxylation is 1. The number of allylic oxidation sites excluding steroid dienone is 2. The first kappa shape index (κ1) is 29.9. The molecule has 0 aliphatic carbocycles. The van der Waals surface area contributed by atoms with Gasteiger partial charge in [0, 0.05) is 18.2 Å². The molecule has 2 saturated heterocycles. The molecule has 0 bridgehead atoms. The van der Waals surface area contributed by atoms with Gasteiger partial charge in [-0.05, 0) is 76.9 Å². The summed E-state index contributed by atoms with van der Waals surface area (Å²) in [5.41, 5.74) is -0.221. The Labute approximate surface area is 246 Å². The lowest BCUT2D eigenvalue weighted by Gasteiger charge is -2.45. The molecule has 3 N–H and O–H groups in total. The number of anilines is 1. The summed E-state index contributed by atoms with van der Waals surface area (Å²) in [5.74, 6) is -0.899. The van der Waals surface area contributed by atoms with Crippen molar-refractivity contribution in [1.29, 1.82) is 0 Å². The van der Waals surface area contributed by atoms with Crippen molar-refractivity contribution in [1.82, 2.24) is 0 Å². The van der Waals surface area contributed by atoms with Gasteiger partial charge in [-0.15, -0.1) is 0 Å². The maximum Gasteiger partial charge on any atom is 0.509 e. The summed E-state index contributed by atoms with van der Waals surface area (Å²) in [4.78, 5) is 37.9. The Hall–Kier alpha value is -4.55.